The van der Waals surface area contributed by atoms with Crippen molar-refractivity contribution in [3.05, 3.63) is 20.3 Å². The maximum Gasteiger partial charge on any atom is -0.0386 e. The summed E-state index contributed by atoms with van der Waals surface area (Å²) in [5, 5.41) is 0. The zero-order valence-electron chi connectivity index (χ0n) is 9.06. The Hall–Kier alpha value is 0. The van der Waals surface area contributed by atoms with Crippen molar-refractivity contribution in [1.29, 1.82) is 0 Å². The second kappa shape index (κ2) is 12.0. The first kappa shape index (κ1) is 13.0. The van der Waals surface area contributed by atoms with Gasteiger partial charge in [0.2, 0.25) is 0 Å². The topological polar surface area (TPSA) is 0 Å². The van der Waals surface area contributed by atoms with Crippen LogP contribution in [-0.4, -0.2) is 0 Å². The highest BCUT2D eigenvalue weighted by atomic mass is 14.0. The van der Waals surface area contributed by atoms with E-state index in [1.807, 2.05) is 0 Å². The predicted octanol–water partition coefficient (Wildman–Crippen LogP) is 4.76. The SMILES string of the molecule is [CH2]CCC[CH]CCCCCCC[CH2]. The van der Waals surface area contributed by atoms with Crippen molar-refractivity contribution < 1.29 is 0 Å². The van der Waals surface area contributed by atoms with Gasteiger partial charge in [-0.05, 0) is 6.42 Å². The summed E-state index contributed by atoms with van der Waals surface area (Å²) in [6.45, 7) is 7.67. The molecule has 0 atom stereocenters. The lowest BCUT2D eigenvalue weighted by Gasteiger charge is -2.00. The van der Waals surface area contributed by atoms with Gasteiger partial charge in [0, 0.05) is 0 Å². The van der Waals surface area contributed by atoms with Gasteiger partial charge in [-0.25, -0.2) is 0 Å². The van der Waals surface area contributed by atoms with Crippen LogP contribution >= 0.6 is 0 Å². The molecule has 0 fully saturated rings. The molecule has 0 rings (SSSR count). The highest BCUT2D eigenvalue weighted by Gasteiger charge is 1.91. The third kappa shape index (κ3) is 12.0. The van der Waals surface area contributed by atoms with Crippen molar-refractivity contribution >= 4 is 0 Å². The minimum atomic E-state index is 1.08. The molecule has 0 aliphatic carbocycles. The van der Waals surface area contributed by atoms with Crippen LogP contribution < -0.4 is 0 Å². The standard InChI is InChI=1S/C13H25/c1-3-5-7-9-11-13-12-10-8-6-4-2/h9H,1-8,10-13H2. The Labute approximate surface area is 85.1 Å². The fourth-order valence-electron chi connectivity index (χ4n) is 1.43. The molecule has 0 N–H and O–H groups in total. The van der Waals surface area contributed by atoms with Gasteiger partial charge in [-0.15, -0.1) is 0 Å². The van der Waals surface area contributed by atoms with E-state index in [0.29, 0.717) is 0 Å². The minimum absolute atomic E-state index is 1.08. The van der Waals surface area contributed by atoms with E-state index in [2.05, 4.69) is 20.3 Å². The molecule has 0 amide bonds. The largest absolute Gasteiger partial charge is 0.0533 e. The molecule has 0 unspecified atom stereocenters. The Morgan fingerprint density at radius 3 is 1.85 bits per heavy atom. The lowest BCUT2D eigenvalue weighted by Crippen LogP contribution is -1.81. The summed E-state index contributed by atoms with van der Waals surface area (Å²) < 4.78 is 0. The van der Waals surface area contributed by atoms with Crippen LogP contribution in [0.2, 0.25) is 0 Å². The number of hydrogen-bond acceptors (Lipinski definition) is 0. The summed E-state index contributed by atoms with van der Waals surface area (Å²) in [6, 6.07) is 0. The number of unbranched alkanes of at least 4 members (excludes halogenated alkanes) is 10. The molecule has 0 aliphatic rings. The fraction of sp³-hybridized carbons (Fsp3) is 0.769. The van der Waals surface area contributed by atoms with Crippen LogP contribution in [0, 0.1) is 20.3 Å². The van der Waals surface area contributed by atoms with E-state index in [0.717, 1.165) is 12.8 Å². The van der Waals surface area contributed by atoms with Crippen LogP contribution in [0.4, 0.5) is 0 Å². The summed E-state index contributed by atoms with van der Waals surface area (Å²) >= 11 is 0. The van der Waals surface area contributed by atoms with E-state index in [1.54, 1.807) is 0 Å². The van der Waals surface area contributed by atoms with Gasteiger partial charge in [0.25, 0.3) is 0 Å². The quantitative estimate of drug-likeness (QED) is 0.426. The van der Waals surface area contributed by atoms with Crippen molar-refractivity contribution in [2.45, 2.75) is 64.2 Å². The van der Waals surface area contributed by atoms with Gasteiger partial charge in [-0.2, -0.15) is 0 Å². The molecule has 0 heteroatoms. The predicted molar refractivity (Wildman–Crippen MR) is 61.2 cm³/mol. The lowest BCUT2D eigenvalue weighted by atomic mass is 10.1. The molecule has 0 nitrogen and oxygen atoms in total. The van der Waals surface area contributed by atoms with Crippen molar-refractivity contribution in [2.75, 3.05) is 0 Å². The third-order valence-electron chi connectivity index (χ3n) is 2.32. The minimum Gasteiger partial charge on any atom is -0.0533 e. The van der Waals surface area contributed by atoms with E-state index < -0.39 is 0 Å². The van der Waals surface area contributed by atoms with Gasteiger partial charge >= 0.3 is 0 Å². The molecule has 0 aliphatic heterocycles. The maximum atomic E-state index is 3.84. The van der Waals surface area contributed by atoms with E-state index >= 15 is 0 Å². The van der Waals surface area contributed by atoms with Crippen molar-refractivity contribution in [3.63, 3.8) is 0 Å². The summed E-state index contributed by atoms with van der Waals surface area (Å²) in [7, 11) is 0. The second-order valence-corrected chi connectivity index (χ2v) is 3.69. The zero-order chi connectivity index (χ0) is 9.78. The summed E-state index contributed by atoms with van der Waals surface area (Å²) in [6.07, 6.45) is 15.3. The number of hydrogen-bond donors (Lipinski definition) is 0. The van der Waals surface area contributed by atoms with Gasteiger partial charge in [0.05, 0.1) is 0 Å². The summed E-state index contributed by atoms with van der Waals surface area (Å²) in [4.78, 5) is 0. The van der Waals surface area contributed by atoms with Crippen molar-refractivity contribution in [1.82, 2.24) is 0 Å². The maximum absolute atomic E-state index is 3.84. The Bertz CT molecular complexity index is 66.1. The van der Waals surface area contributed by atoms with E-state index in [4.69, 9.17) is 0 Å². The van der Waals surface area contributed by atoms with Crippen LogP contribution in [0.25, 0.3) is 0 Å². The Balaban J connectivity index is 2.76. The van der Waals surface area contributed by atoms with E-state index in [9.17, 15) is 0 Å². The first-order chi connectivity index (χ1) is 6.41. The molecule has 77 valence electrons. The third-order valence-corrected chi connectivity index (χ3v) is 2.32. The highest BCUT2D eigenvalue weighted by Crippen LogP contribution is 2.09. The fourth-order valence-corrected chi connectivity index (χ4v) is 1.43. The van der Waals surface area contributed by atoms with Crippen LogP contribution in [0.15, 0.2) is 0 Å². The smallest absolute Gasteiger partial charge is 0.0386 e. The molecule has 0 spiro atoms. The monoisotopic (exact) mass is 181 g/mol. The molecule has 0 saturated carbocycles. The molecule has 0 bridgehead atoms. The lowest BCUT2D eigenvalue weighted by molar-refractivity contribution is 0.606. The molecule has 0 heterocycles. The van der Waals surface area contributed by atoms with Crippen LogP contribution in [-0.2, 0) is 0 Å². The van der Waals surface area contributed by atoms with Crippen molar-refractivity contribution in [3.8, 4) is 0 Å². The van der Waals surface area contributed by atoms with E-state index in [1.165, 1.54) is 51.4 Å². The summed E-state index contributed by atoms with van der Waals surface area (Å²) in [5.74, 6) is 0. The first-order valence-electron chi connectivity index (χ1n) is 5.82. The van der Waals surface area contributed by atoms with Crippen LogP contribution in [0.3, 0.4) is 0 Å². The summed E-state index contributed by atoms with van der Waals surface area (Å²) in [5.41, 5.74) is 0. The molecular formula is C13H25. The molecule has 0 aromatic heterocycles. The highest BCUT2D eigenvalue weighted by molar-refractivity contribution is 4.64. The average Bonchev–Trinajstić information content (AvgIpc) is 2.16. The van der Waals surface area contributed by atoms with E-state index in [-0.39, 0.29) is 0 Å². The Morgan fingerprint density at radius 2 is 1.15 bits per heavy atom. The van der Waals surface area contributed by atoms with Gasteiger partial charge in [-0.1, -0.05) is 78.1 Å². The Morgan fingerprint density at radius 1 is 0.615 bits per heavy atom. The van der Waals surface area contributed by atoms with Gasteiger partial charge in [-0.3, -0.25) is 0 Å². The average molecular weight is 181 g/mol. The molecule has 3 radical (unpaired) electrons. The molecular weight excluding hydrogens is 156 g/mol. The number of rotatable bonds is 10. The van der Waals surface area contributed by atoms with Gasteiger partial charge < -0.3 is 0 Å². The van der Waals surface area contributed by atoms with Gasteiger partial charge in [0.15, 0.2) is 0 Å². The molecule has 13 heavy (non-hydrogen) atoms. The zero-order valence-corrected chi connectivity index (χ0v) is 9.06. The Kier molecular flexibility index (Phi) is 12.0. The second-order valence-electron chi connectivity index (χ2n) is 3.69. The normalized spacial score (nSPS) is 10.6. The first-order valence-corrected chi connectivity index (χ1v) is 5.82. The van der Waals surface area contributed by atoms with Crippen molar-refractivity contribution in [2.24, 2.45) is 0 Å². The molecule has 0 aromatic carbocycles. The molecule has 0 aromatic rings. The van der Waals surface area contributed by atoms with Crippen LogP contribution in [0.5, 0.6) is 0 Å². The molecule has 0 saturated heterocycles. The van der Waals surface area contributed by atoms with Gasteiger partial charge in [0.1, 0.15) is 0 Å². The van der Waals surface area contributed by atoms with Crippen LogP contribution in [0.1, 0.15) is 64.2 Å².